The highest BCUT2D eigenvalue weighted by molar-refractivity contribution is 6.30. The van der Waals surface area contributed by atoms with Gasteiger partial charge in [-0.05, 0) is 50.2 Å². The number of para-hydroxylation sites is 2. The molecule has 0 bridgehead atoms. The van der Waals surface area contributed by atoms with E-state index in [1.165, 1.54) is 10.6 Å². The SMILES string of the molecule is CC(C)n1cnc2nc(COc3ccccc3NC(=O)COc3ccc(Cl)cc3)cc(=O)n21. The van der Waals surface area contributed by atoms with Gasteiger partial charge in [0.05, 0.1) is 11.4 Å². The van der Waals surface area contributed by atoms with Gasteiger partial charge in [0, 0.05) is 17.1 Å². The van der Waals surface area contributed by atoms with Crippen molar-refractivity contribution in [2.75, 3.05) is 11.9 Å². The number of halogens is 1. The van der Waals surface area contributed by atoms with Gasteiger partial charge in [0.25, 0.3) is 17.2 Å². The average molecular weight is 468 g/mol. The van der Waals surface area contributed by atoms with Crippen molar-refractivity contribution in [2.24, 2.45) is 0 Å². The third kappa shape index (κ3) is 5.32. The lowest BCUT2D eigenvalue weighted by molar-refractivity contribution is -0.118. The van der Waals surface area contributed by atoms with Crippen LogP contribution in [0.5, 0.6) is 11.5 Å². The minimum absolute atomic E-state index is 0.0361. The summed E-state index contributed by atoms with van der Waals surface area (Å²) in [5, 5.41) is 3.35. The molecule has 1 N–H and O–H groups in total. The first-order chi connectivity index (χ1) is 15.9. The van der Waals surface area contributed by atoms with E-state index in [0.29, 0.717) is 33.7 Å². The first kappa shape index (κ1) is 22.3. The zero-order valence-electron chi connectivity index (χ0n) is 18.1. The van der Waals surface area contributed by atoms with Crippen molar-refractivity contribution in [1.29, 1.82) is 0 Å². The Morgan fingerprint density at radius 3 is 2.64 bits per heavy atom. The van der Waals surface area contributed by atoms with E-state index in [1.807, 2.05) is 13.8 Å². The third-order valence-electron chi connectivity index (χ3n) is 4.70. The van der Waals surface area contributed by atoms with Gasteiger partial charge in [0.2, 0.25) is 0 Å². The number of carbonyl (C=O) groups excluding carboxylic acids is 1. The molecule has 170 valence electrons. The Bertz CT molecular complexity index is 1330. The van der Waals surface area contributed by atoms with E-state index in [1.54, 1.807) is 59.5 Å². The largest absolute Gasteiger partial charge is 0.485 e. The fourth-order valence-electron chi connectivity index (χ4n) is 3.13. The zero-order chi connectivity index (χ0) is 23.4. The number of aromatic nitrogens is 4. The lowest BCUT2D eigenvalue weighted by Gasteiger charge is -2.13. The molecule has 4 rings (SSSR count). The molecule has 4 aromatic rings. The predicted octanol–water partition coefficient (Wildman–Crippen LogP) is 3.72. The molecule has 2 aromatic heterocycles. The van der Waals surface area contributed by atoms with Crippen LogP contribution in [0.3, 0.4) is 0 Å². The molecule has 0 radical (unpaired) electrons. The maximum atomic E-state index is 12.5. The van der Waals surface area contributed by atoms with E-state index < -0.39 is 0 Å². The third-order valence-corrected chi connectivity index (χ3v) is 4.96. The van der Waals surface area contributed by atoms with Crippen molar-refractivity contribution in [3.05, 3.63) is 82.0 Å². The summed E-state index contributed by atoms with van der Waals surface area (Å²) in [6.07, 6.45) is 1.58. The summed E-state index contributed by atoms with van der Waals surface area (Å²) >= 11 is 5.85. The number of nitrogens with one attached hydrogen (secondary N) is 1. The van der Waals surface area contributed by atoms with Crippen LogP contribution >= 0.6 is 11.6 Å². The number of hydrogen-bond acceptors (Lipinski definition) is 6. The highest BCUT2D eigenvalue weighted by Crippen LogP contribution is 2.24. The molecular formula is C23H22ClN5O4. The maximum absolute atomic E-state index is 12.5. The van der Waals surface area contributed by atoms with Crippen LogP contribution in [0.25, 0.3) is 5.78 Å². The van der Waals surface area contributed by atoms with Crippen molar-refractivity contribution < 1.29 is 14.3 Å². The van der Waals surface area contributed by atoms with Gasteiger partial charge >= 0.3 is 0 Å². The van der Waals surface area contributed by atoms with Gasteiger partial charge in [0.15, 0.2) is 6.61 Å². The first-order valence-electron chi connectivity index (χ1n) is 10.3. The van der Waals surface area contributed by atoms with Gasteiger partial charge in [-0.2, -0.15) is 9.50 Å². The van der Waals surface area contributed by atoms with Crippen LogP contribution in [-0.4, -0.2) is 31.7 Å². The van der Waals surface area contributed by atoms with Crippen LogP contribution in [0.4, 0.5) is 5.69 Å². The van der Waals surface area contributed by atoms with E-state index in [2.05, 4.69) is 15.3 Å². The molecule has 0 aliphatic rings. The molecule has 0 unspecified atom stereocenters. The van der Waals surface area contributed by atoms with E-state index in [-0.39, 0.29) is 30.7 Å². The fraction of sp³-hybridized carbons (Fsp3) is 0.217. The normalized spacial score (nSPS) is 11.0. The molecule has 1 amide bonds. The summed E-state index contributed by atoms with van der Waals surface area (Å²) in [6.45, 7) is 3.77. The second kappa shape index (κ2) is 9.74. The smallest absolute Gasteiger partial charge is 0.274 e. The molecule has 0 spiro atoms. The Labute approximate surface area is 194 Å². The van der Waals surface area contributed by atoms with Crippen molar-refractivity contribution in [1.82, 2.24) is 19.2 Å². The number of hydrogen-bond donors (Lipinski definition) is 1. The Morgan fingerprint density at radius 1 is 1.12 bits per heavy atom. The van der Waals surface area contributed by atoms with Crippen LogP contribution in [-0.2, 0) is 11.4 Å². The molecule has 9 nitrogen and oxygen atoms in total. The maximum Gasteiger partial charge on any atom is 0.274 e. The zero-order valence-corrected chi connectivity index (χ0v) is 18.8. The van der Waals surface area contributed by atoms with Crippen molar-refractivity contribution in [3.8, 4) is 11.5 Å². The molecule has 0 aliphatic carbocycles. The number of benzene rings is 2. The van der Waals surface area contributed by atoms with Crippen LogP contribution in [0.1, 0.15) is 25.6 Å². The molecule has 10 heteroatoms. The second-order valence-corrected chi connectivity index (χ2v) is 7.93. The van der Waals surface area contributed by atoms with Gasteiger partial charge in [-0.1, -0.05) is 23.7 Å². The summed E-state index contributed by atoms with van der Waals surface area (Å²) in [5.41, 5.74) is 0.663. The molecule has 2 aromatic carbocycles. The summed E-state index contributed by atoms with van der Waals surface area (Å²) in [5.74, 6) is 0.924. The highest BCUT2D eigenvalue weighted by atomic mass is 35.5. The van der Waals surface area contributed by atoms with Gasteiger partial charge in [0.1, 0.15) is 24.4 Å². The predicted molar refractivity (Wildman–Crippen MR) is 124 cm³/mol. The number of nitrogens with zero attached hydrogens (tertiary/aromatic N) is 4. The molecule has 33 heavy (non-hydrogen) atoms. The Morgan fingerprint density at radius 2 is 1.88 bits per heavy atom. The quantitative estimate of drug-likeness (QED) is 0.424. The van der Waals surface area contributed by atoms with E-state index in [0.717, 1.165) is 0 Å². The monoisotopic (exact) mass is 467 g/mol. The fourth-order valence-corrected chi connectivity index (χ4v) is 3.25. The molecule has 0 atom stereocenters. The van der Waals surface area contributed by atoms with E-state index in [4.69, 9.17) is 21.1 Å². The highest BCUT2D eigenvalue weighted by Gasteiger charge is 2.12. The molecule has 0 aliphatic heterocycles. The number of ether oxygens (including phenoxy) is 2. The Balaban J connectivity index is 1.42. The number of fused-ring (bicyclic) bond motifs is 1. The van der Waals surface area contributed by atoms with Crippen molar-refractivity contribution in [3.63, 3.8) is 0 Å². The Hall–Kier alpha value is -3.85. The first-order valence-corrected chi connectivity index (χ1v) is 10.6. The van der Waals surface area contributed by atoms with E-state index in [9.17, 15) is 9.59 Å². The summed E-state index contributed by atoms with van der Waals surface area (Å²) in [6, 6.07) is 15.2. The molecule has 0 saturated carbocycles. The molecule has 0 saturated heterocycles. The van der Waals surface area contributed by atoms with Crippen LogP contribution in [0, 0.1) is 0 Å². The van der Waals surface area contributed by atoms with Gasteiger partial charge in [-0.15, -0.1) is 0 Å². The standard InChI is InChI=1S/C23H22ClN5O4/c1-15(2)28-14-25-23-26-17(11-22(31)29(23)28)12-33-20-6-4-3-5-19(20)27-21(30)13-32-18-9-7-16(24)8-10-18/h3-11,14-15H,12-13H2,1-2H3,(H,27,30). The minimum atomic E-state index is -0.349. The second-order valence-electron chi connectivity index (χ2n) is 7.49. The lowest BCUT2D eigenvalue weighted by Crippen LogP contribution is -2.23. The van der Waals surface area contributed by atoms with Gasteiger partial charge in [-0.3, -0.25) is 14.3 Å². The van der Waals surface area contributed by atoms with Gasteiger partial charge < -0.3 is 14.8 Å². The van der Waals surface area contributed by atoms with E-state index >= 15 is 0 Å². The minimum Gasteiger partial charge on any atom is -0.485 e. The average Bonchev–Trinajstić information content (AvgIpc) is 3.23. The molecule has 0 fully saturated rings. The lowest BCUT2D eigenvalue weighted by atomic mass is 10.3. The van der Waals surface area contributed by atoms with Crippen molar-refractivity contribution >= 4 is 29.0 Å². The summed E-state index contributed by atoms with van der Waals surface area (Å²) < 4.78 is 14.4. The number of carbonyl (C=O) groups is 1. The molecule has 2 heterocycles. The Kier molecular flexibility index (Phi) is 6.60. The van der Waals surface area contributed by atoms with Crippen LogP contribution in [0.15, 0.2) is 65.7 Å². The summed E-state index contributed by atoms with van der Waals surface area (Å²) in [4.78, 5) is 33.5. The number of rotatable bonds is 8. The number of amides is 1. The van der Waals surface area contributed by atoms with Crippen molar-refractivity contribution in [2.45, 2.75) is 26.5 Å². The van der Waals surface area contributed by atoms with Crippen LogP contribution in [0.2, 0.25) is 5.02 Å². The molecular weight excluding hydrogens is 446 g/mol. The van der Waals surface area contributed by atoms with Gasteiger partial charge in [-0.25, -0.2) is 4.98 Å². The van der Waals surface area contributed by atoms with Crippen LogP contribution < -0.4 is 20.3 Å². The summed E-state index contributed by atoms with van der Waals surface area (Å²) in [7, 11) is 0. The number of anilines is 1. The topological polar surface area (TPSA) is 99.8 Å².